The lowest BCUT2D eigenvalue weighted by Gasteiger charge is -2.17. The van der Waals surface area contributed by atoms with Crippen LogP contribution in [0.25, 0.3) is 0 Å². The average Bonchev–Trinajstić information content (AvgIpc) is 2.94. The number of nitrogens with one attached hydrogen (secondary N) is 1. The van der Waals surface area contributed by atoms with Crippen LogP contribution in [0.5, 0.6) is 0 Å². The van der Waals surface area contributed by atoms with E-state index in [1.807, 2.05) is 6.92 Å². The summed E-state index contributed by atoms with van der Waals surface area (Å²) in [7, 11) is 1.55. The number of alkyl halides is 3. The molecule has 0 spiro atoms. The smallest absolute Gasteiger partial charge is 0.322 e. The highest BCUT2D eigenvalue weighted by molar-refractivity contribution is 5.89. The van der Waals surface area contributed by atoms with Crippen LogP contribution in [0.1, 0.15) is 18.2 Å². The Morgan fingerprint density at radius 3 is 2.70 bits per heavy atom. The minimum Gasteiger partial charge on any atom is -0.322 e. The summed E-state index contributed by atoms with van der Waals surface area (Å²) in [6.07, 6.45) is -2.65. The van der Waals surface area contributed by atoms with E-state index in [9.17, 15) is 18.0 Å². The van der Waals surface area contributed by atoms with E-state index in [0.717, 1.165) is 18.7 Å². The number of hydrogen-bond acceptors (Lipinski definition) is 2. The zero-order valence-corrected chi connectivity index (χ0v) is 12.8. The Morgan fingerprint density at radius 1 is 1.35 bits per heavy atom. The van der Waals surface area contributed by atoms with Gasteiger partial charge in [-0.1, -0.05) is 6.07 Å². The van der Waals surface area contributed by atoms with Crippen LogP contribution in [0.2, 0.25) is 0 Å². The maximum atomic E-state index is 12.7. The number of carbonyl (C=O) groups excluding carboxylic acids is 1. The quantitative estimate of drug-likeness (QED) is 0.933. The van der Waals surface area contributed by atoms with Gasteiger partial charge in [0.1, 0.15) is 0 Å². The first kappa shape index (κ1) is 16.9. The molecule has 5 nitrogen and oxygen atoms in total. The molecule has 2 aromatic rings. The van der Waals surface area contributed by atoms with Crippen molar-refractivity contribution in [2.24, 2.45) is 0 Å². The van der Waals surface area contributed by atoms with Gasteiger partial charge in [0.15, 0.2) is 0 Å². The Labute approximate surface area is 131 Å². The van der Waals surface area contributed by atoms with Crippen molar-refractivity contribution in [1.82, 2.24) is 14.7 Å². The molecule has 0 bridgehead atoms. The fourth-order valence-corrected chi connectivity index (χ4v) is 1.97. The highest BCUT2D eigenvalue weighted by Crippen LogP contribution is 2.30. The number of hydrogen-bond donors (Lipinski definition) is 1. The molecule has 1 N–H and O–H groups in total. The largest absolute Gasteiger partial charge is 0.416 e. The molecule has 0 saturated heterocycles. The molecule has 0 unspecified atom stereocenters. The van der Waals surface area contributed by atoms with E-state index < -0.39 is 17.8 Å². The van der Waals surface area contributed by atoms with Crippen LogP contribution >= 0.6 is 0 Å². The monoisotopic (exact) mass is 326 g/mol. The molecule has 2 rings (SSSR count). The Balaban J connectivity index is 2.00. The lowest BCUT2D eigenvalue weighted by molar-refractivity contribution is -0.137. The fourth-order valence-electron chi connectivity index (χ4n) is 1.97. The summed E-state index contributed by atoms with van der Waals surface area (Å²) in [4.78, 5) is 13.4. The van der Waals surface area contributed by atoms with E-state index in [1.165, 1.54) is 17.0 Å². The lowest BCUT2D eigenvalue weighted by Crippen LogP contribution is -2.31. The molecule has 124 valence electrons. The van der Waals surface area contributed by atoms with Gasteiger partial charge < -0.3 is 10.2 Å². The summed E-state index contributed by atoms with van der Waals surface area (Å²) in [5, 5.41) is 6.70. The molecular weight excluding hydrogens is 309 g/mol. The molecule has 23 heavy (non-hydrogen) atoms. The Hall–Kier alpha value is -2.51. The van der Waals surface area contributed by atoms with Crippen molar-refractivity contribution in [3.8, 4) is 0 Å². The zero-order valence-electron chi connectivity index (χ0n) is 12.8. The second-order valence-corrected chi connectivity index (χ2v) is 5.03. The highest BCUT2D eigenvalue weighted by Gasteiger charge is 2.30. The normalized spacial score (nSPS) is 11.3. The van der Waals surface area contributed by atoms with Crippen LogP contribution in [0.4, 0.5) is 23.7 Å². The first-order valence-corrected chi connectivity index (χ1v) is 7.01. The van der Waals surface area contributed by atoms with Crippen LogP contribution in [0, 0.1) is 0 Å². The van der Waals surface area contributed by atoms with Crippen molar-refractivity contribution in [2.45, 2.75) is 26.2 Å². The molecule has 1 aromatic heterocycles. The topological polar surface area (TPSA) is 50.2 Å². The number of halogens is 3. The lowest BCUT2D eigenvalue weighted by atomic mass is 10.2. The summed E-state index contributed by atoms with van der Waals surface area (Å²) in [6, 6.07) is 5.80. The Kier molecular flexibility index (Phi) is 4.92. The number of anilines is 1. The third kappa shape index (κ3) is 4.48. The molecule has 0 aliphatic carbocycles. The molecular formula is C15H17F3N4O. The number of aromatic nitrogens is 2. The van der Waals surface area contributed by atoms with Crippen LogP contribution < -0.4 is 5.32 Å². The SMILES string of the molecule is CCn1ccc(CN(C)C(=O)Nc2cccc(C(F)(F)F)c2)n1. The molecule has 2 amide bonds. The number of benzene rings is 1. The summed E-state index contributed by atoms with van der Waals surface area (Å²) >= 11 is 0. The van der Waals surface area contributed by atoms with Crippen LogP contribution in [-0.4, -0.2) is 27.8 Å². The maximum Gasteiger partial charge on any atom is 0.416 e. The van der Waals surface area contributed by atoms with Crippen molar-refractivity contribution in [3.05, 3.63) is 47.8 Å². The van der Waals surface area contributed by atoms with E-state index in [4.69, 9.17) is 0 Å². The van der Waals surface area contributed by atoms with Crippen LogP contribution in [0.3, 0.4) is 0 Å². The Bertz CT molecular complexity index is 681. The number of aryl methyl sites for hydroxylation is 1. The van der Waals surface area contributed by atoms with Gasteiger partial charge in [-0.15, -0.1) is 0 Å². The average molecular weight is 326 g/mol. The predicted molar refractivity (Wildman–Crippen MR) is 79.8 cm³/mol. The van der Waals surface area contributed by atoms with E-state index in [2.05, 4.69) is 10.4 Å². The van der Waals surface area contributed by atoms with Gasteiger partial charge in [0.2, 0.25) is 0 Å². The molecule has 0 aliphatic heterocycles. The summed E-state index contributed by atoms with van der Waals surface area (Å²) in [5.74, 6) is 0. The molecule has 0 radical (unpaired) electrons. The molecule has 8 heteroatoms. The number of rotatable bonds is 4. The van der Waals surface area contributed by atoms with Crippen molar-refractivity contribution < 1.29 is 18.0 Å². The van der Waals surface area contributed by atoms with Crippen molar-refractivity contribution in [1.29, 1.82) is 0 Å². The van der Waals surface area contributed by atoms with Crippen LogP contribution in [-0.2, 0) is 19.3 Å². The van der Waals surface area contributed by atoms with Gasteiger partial charge in [-0.2, -0.15) is 18.3 Å². The minimum absolute atomic E-state index is 0.0933. The van der Waals surface area contributed by atoms with Gasteiger partial charge in [0.05, 0.1) is 17.8 Å². The van der Waals surface area contributed by atoms with Crippen LogP contribution in [0.15, 0.2) is 36.5 Å². The summed E-state index contributed by atoms with van der Waals surface area (Å²) in [5.41, 5.74) is -0.0102. The molecule has 1 heterocycles. The summed E-state index contributed by atoms with van der Waals surface area (Å²) < 4.78 is 39.7. The molecule has 0 atom stereocenters. The summed E-state index contributed by atoms with van der Waals surface area (Å²) in [6.45, 7) is 2.93. The molecule has 0 saturated carbocycles. The minimum atomic E-state index is -4.44. The van der Waals surface area contributed by atoms with Gasteiger partial charge in [0.25, 0.3) is 0 Å². The standard InChI is InChI=1S/C15H17F3N4O/c1-3-22-8-7-13(20-22)10-21(2)14(23)19-12-6-4-5-11(9-12)15(16,17)18/h4-9H,3,10H2,1-2H3,(H,19,23). The van der Waals surface area contributed by atoms with Crippen molar-refractivity contribution >= 4 is 11.7 Å². The van der Waals surface area contributed by atoms with Crippen molar-refractivity contribution in [2.75, 3.05) is 12.4 Å². The number of urea groups is 1. The fraction of sp³-hybridized carbons (Fsp3) is 0.333. The Morgan fingerprint density at radius 2 is 2.09 bits per heavy atom. The second-order valence-electron chi connectivity index (χ2n) is 5.03. The molecule has 0 aliphatic rings. The van der Waals surface area contributed by atoms with Gasteiger partial charge in [-0.25, -0.2) is 4.79 Å². The predicted octanol–water partition coefficient (Wildman–Crippen LogP) is 3.59. The number of carbonyl (C=O) groups is 1. The number of amides is 2. The molecule has 1 aromatic carbocycles. The first-order valence-electron chi connectivity index (χ1n) is 7.01. The molecule has 0 fully saturated rings. The number of nitrogens with zero attached hydrogens (tertiary/aromatic N) is 3. The van der Waals surface area contributed by atoms with E-state index in [-0.39, 0.29) is 12.2 Å². The zero-order chi connectivity index (χ0) is 17.0. The van der Waals surface area contributed by atoms with E-state index >= 15 is 0 Å². The van der Waals surface area contributed by atoms with E-state index in [1.54, 1.807) is 24.0 Å². The van der Waals surface area contributed by atoms with E-state index in [0.29, 0.717) is 5.69 Å². The van der Waals surface area contributed by atoms with Gasteiger partial charge in [-0.3, -0.25) is 4.68 Å². The third-order valence-corrected chi connectivity index (χ3v) is 3.21. The maximum absolute atomic E-state index is 12.7. The highest BCUT2D eigenvalue weighted by atomic mass is 19.4. The third-order valence-electron chi connectivity index (χ3n) is 3.21. The first-order chi connectivity index (χ1) is 10.8. The van der Waals surface area contributed by atoms with Gasteiger partial charge >= 0.3 is 12.2 Å². The van der Waals surface area contributed by atoms with Crippen molar-refractivity contribution in [3.63, 3.8) is 0 Å². The van der Waals surface area contributed by atoms with Gasteiger partial charge in [-0.05, 0) is 31.2 Å². The van der Waals surface area contributed by atoms with Gasteiger partial charge in [0, 0.05) is 25.5 Å². The second kappa shape index (κ2) is 6.72.